The molecule has 1 aliphatic rings. The van der Waals surface area contributed by atoms with E-state index in [9.17, 15) is 4.79 Å². The summed E-state index contributed by atoms with van der Waals surface area (Å²) in [5.74, 6) is 0.606. The number of carboxylic acid groups (broad SMARTS) is 1. The van der Waals surface area contributed by atoms with Gasteiger partial charge in [0.05, 0.1) is 6.42 Å². The van der Waals surface area contributed by atoms with E-state index in [0.717, 1.165) is 19.3 Å². The third-order valence-corrected chi connectivity index (χ3v) is 3.64. The molecule has 3 heteroatoms. The first-order valence-electron chi connectivity index (χ1n) is 5.41. The number of carboxylic acids is 1. The third-order valence-electron chi connectivity index (χ3n) is 3.64. The van der Waals surface area contributed by atoms with Crippen molar-refractivity contribution in [2.75, 3.05) is 6.54 Å². The van der Waals surface area contributed by atoms with E-state index in [1.165, 1.54) is 0 Å². The van der Waals surface area contributed by atoms with E-state index in [0.29, 0.717) is 18.4 Å². The maximum atomic E-state index is 10.7. The second-order valence-corrected chi connectivity index (χ2v) is 5.02. The molecule has 0 radical (unpaired) electrons. The number of rotatable bonds is 4. The highest BCUT2D eigenvalue weighted by Gasteiger charge is 2.40. The molecule has 1 rings (SSSR count). The molecule has 82 valence electrons. The number of carbonyl (C=O) groups is 1. The average molecular weight is 199 g/mol. The van der Waals surface area contributed by atoms with Crippen molar-refractivity contribution in [2.24, 2.45) is 23.0 Å². The van der Waals surface area contributed by atoms with Crippen molar-refractivity contribution >= 4 is 5.97 Å². The lowest BCUT2D eigenvalue weighted by molar-refractivity contribution is -0.139. The van der Waals surface area contributed by atoms with Gasteiger partial charge in [0.25, 0.3) is 0 Å². The van der Waals surface area contributed by atoms with Crippen molar-refractivity contribution in [2.45, 2.75) is 39.5 Å². The lowest BCUT2D eigenvalue weighted by atomic mass is 9.80. The maximum Gasteiger partial charge on any atom is 0.303 e. The number of nitrogens with two attached hydrogens (primary N) is 1. The van der Waals surface area contributed by atoms with E-state index in [-0.39, 0.29) is 11.8 Å². The van der Waals surface area contributed by atoms with E-state index in [1.807, 2.05) is 0 Å². The monoisotopic (exact) mass is 199 g/mol. The highest BCUT2D eigenvalue weighted by atomic mass is 16.4. The zero-order chi connectivity index (χ0) is 10.8. The average Bonchev–Trinajstić information content (AvgIpc) is 2.49. The Morgan fingerprint density at radius 2 is 2.29 bits per heavy atom. The molecule has 0 aromatic carbocycles. The first-order valence-corrected chi connectivity index (χ1v) is 5.41. The highest BCUT2D eigenvalue weighted by molar-refractivity contribution is 5.67. The summed E-state index contributed by atoms with van der Waals surface area (Å²) < 4.78 is 0. The van der Waals surface area contributed by atoms with Crippen LogP contribution >= 0.6 is 0 Å². The molecule has 0 amide bonds. The van der Waals surface area contributed by atoms with Gasteiger partial charge in [0, 0.05) is 0 Å². The van der Waals surface area contributed by atoms with E-state index in [4.69, 9.17) is 10.8 Å². The van der Waals surface area contributed by atoms with Crippen LogP contribution in [0.2, 0.25) is 0 Å². The van der Waals surface area contributed by atoms with Gasteiger partial charge < -0.3 is 10.8 Å². The Bertz CT molecular complexity index is 215. The van der Waals surface area contributed by atoms with Gasteiger partial charge in [-0.15, -0.1) is 0 Å². The molecule has 1 fully saturated rings. The summed E-state index contributed by atoms with van der Waals surface area (Å²) in [6, 6.07) is 0. The number of aliphatic carboxylic acids is 1. The minimum atomic E-state index is -0.708. The van der Waals surface area contributed by atoms with E-state index in [2.05, 4.69) is 13.8 Å². The summed E-state index contributed by atoms with van der Waals surface area (Å²) in [7, 11) is 0. The summed E-state index contributed by atoms with van der Waals surface area (Å²) in [6.45, 7) is 4.93. The van der Waals surface area contributed by atoms with Gasteiger partial charge in [0.1, 0.15) is 0 Å². The summed E-state index contributed by atoms with van der Waals surface area (Å²) in [4.78, 5) is 10.7. The third kappa shape index (κ3) is 2.47. The van der Waals surface area contributed by atoms with E-state index >= 15 is 0 Å². The molecule has 0 unspecified atom stereocenters. The minimum absolute atomic E-state index is 0.110. The Labute approximate surface area is 85.7 Å². The SMILES string of the molecule is CC(C)[C@@H]1CC[C@](CN)(CC(=O)O)C1. The quantitative estimate of drug-likeness (QED) is 0.726. The molecular weight excluding hydrogens is 178 g/mol. The molecule has 3 nitrogen and oxygen atoms in total. The van der Waals surface area contributed by atoms with Gasteiger partial charge in [-0.2, -0.15) is 0 Å². The van der Waals surface area contributed by atoms with Crippen molar-refractivity contribution in [3.63, 3.8) is 0 Å². The Kier molecular flexibility index (Phi) is 3.53. The zero-order valence-electron chi connectivity index (χ0n) is 9.12. The van der Waals surface area contributed by atoms with Crippen molar-refractivity contribution in [3.8, 4) is 0 Å². The normalized spacial score (nSPS) is 32.4. The predicted molar refractivity (Wildman–Crippen MR) is 55.9 cm³/mol. The van der Waals surface area contributed by atoms with Gasteiger partial charge >= 0.3 is 5.97 Å². The second-order valence-electron chi connectivity index (χ2n) is 5.02. The Morgan fingerprint density at radius 1 is 1.64 bits per heavy atom. The topological polar surface area (TPSA) is 63.3 Å². The molecule has 0 saturated heterocycles. The molecule has 0 heterocycles. The number of hydrogen-bond acceptors (Lipinski definition) is 2. The smallest absolute Gasteiger partial charge is 0.303 e. The molecule has 2 atom stereocenters. The highest BCUT2D eigenvalue weighted by Crippen LogP contribution is 2.46. The Hall–Kier alpha value is -0.570. The van der Waals surface area contributed by atoms with Gasteiger partial charge in [-0.05, 0) is 43.1 Å². The molecule has 0 aromatic heterocycles. The van der Waals surface area contributed by atoms with Gasteiger partial charge in [-0.3, -0.25) is 4.79 Å². The zero-order valence-corrected chi connectivity index (χ0v) is 9.12. The van der Waals surface area contributed by atoms with E-state index in [1.54, 1.807) is 0 Å². The fourth-order valence-corrected chi connectivity index (χ4v) is 2.56. The lowest BCUT2D eigenvalue weighted by Gasteiger charge is -2.26. The maximum absolute atomic E-state index is 10.7. The molecule has 0 bridgehead atoms. The summed E-state index contributed by atoms with van der Waals surface area (Å²) in [5.41, 5.74) is 5.61. The first-order chi connectivity index (χ1) is 6.49. The van der Waals surface area contributed by atoms with Crippen LogP contribution in [-0.4, -0.2) is 17.6 Å². The fourth-order valence-electron chi connectivity index (χ4n) is 2.56. The minimum Gasteiger partial charge on any atom is -0.481 e. The van der Waals surface area contributed by atoms with Gasteiger partial charge in [-0.1, -0.05) is 13.8 Å². The molecular formula is C11H21NO2. The van der Waals surface area contributed by atoms with E-state index < -0.39 is 5.97 Å². The Morgan fingerprint density at radius 3 is 2.64 bits per heavy atom. The van der Waals surface area contributed by atoms with Crippen LogP contribution in [0.3, 0.4) is 0 Å². The number of hydrogen-bond donors (Lipinski definition) is 2. The second kappa shape index (κ2) is 4.30. The van der Waals surface area contributed by atoms with Crippen molar-refractivity contribution in [3.05, 3.63) is 0 Å². The van der Waals surface area contributed by atoms with Crippen molar-refractivity contribution < 1.29 is 9.90 Å². The van der Waals surface area contributed by atoms with Crippen LogP contribution in [0.5, 0.6) is 0 Å². The van der Waals surface area contributed by atoms with Crippen molar-refractivity contribution in [1.82, 2.24) is 0 Å². The summed E-state index contributed by atoms with van der Waals surface area (Å²) in [6.07, 6.45) is 3.36. The molecule has 0 aromatic rings. The Balaban J connectivity index is 2.61. The van der Waals surface area contributed by atoms with Crippen LogP contribution in [-0.2, 0) is 4.79 Å². The van der Waals surface area contributed by atoms with Crippen LogP contribution < -0.4 is 5.73 Å². The van der Waals surface area contributed by atoms with Gasteiger partial charge in [0.2, 0.25) is 0 Å². The van der Waals surface area contributed by atoms with Crippen LogP contribution in [0, 0.1) is 17.3 Å². The van der Waals surface area contributed by atoms with Crippen LogP contribution in [0.4, 0.5) is 0 Å². The van der Waals surface area contributed by atoms with Crippen molar-refractivity contribution in [1.29, 1.82) is 0 Å². The molecule has 0 spiro atoms. The van der Waals surface area contributed by atoms with Crippen LogP contribution in [0.15, 0.2) is 0 Å². The standard InChI is InChI=1S/C11H21NO2/c1-8(2)9-3-4-11(5-9,7-12)6-10(13)14/h8-9H,3-7,12H2,1-2H3,(H,13,14)/t9-,11-/m1/s1. The molecule has 0 aliphatic heterocycles. The lowest BCUT2D eigenvalue weighted by Crippen LogP contribution is -2.30. The summed E-state index contributed by atoms with van der Waals surface area (Å²) in [5, 5.41) is 8.84. The fraction of sp³-hybridized carbons (Fsp3) is 0.909. The van der Waals surface area contributed by atoms with Crippen LogP contribution in [0.25, 0.3) is 0 Å². The predicted octanol–water partition coefficient (Wildman–Crippen LogP) is 1.86. The molecule has 1 aliphatic carbocycles. The first kappa shape index (κ1) is 11.5. The molecule has 3 N–H and O–H groups in total. The van der Waals surface area contributed by atoms with Crippen LogP contribution in [0.1, 0.15) is 39.5 Å². The molecule has 14 heavy (non-hydrogen) atoms. The largest absolute Gasteiger partial charge is 0.481 e. The molecule has 1 saturated carbocycles. The van der Waals surface area contributed by atoms with Gasteiger partial charge in [-0.25, -0.2) is 0 Å². The summed E-state index contributed by atoms with van der Waals surface area (Å²) >= 11 is 0. The van der Waals surface area contributed by atoms with Gasteiger partial charge in [0.15, 0.2) is 0 Å².